The van der Waals surface area contributed by atoms with Crippen LogP contribution < -0.4 is 0 Å². The van der Waals surface area contributed by atoms with Gasteiger partial charge in [0.05, 0.1) is 6.54 Å². The summed E-state index contributed by atoms with van der Waals surface area (Å²) in [7, 11) is 1.99. The number of Topliss-reactive ketones (excluding diaryl/α,β-unsaturated/α-hetero) is 1. The normalized spacial score (nSPS) is 10.9. The molecule has 0 saturated heterocycles. The van der Waals surface area contributed by atoms with Crippen LogP contribution in [0.4, 0.5) is 0 Å². The van der Waals surface area contributed by atoms with E-state index < -0.39 is 0 Å². The fourth-order valence-corrected chi connectivity index (χ4v) is 2.97. The van der Waals surface area contributed by atoms with Crippen LogP contribution in [0.25, 0.3) is 0 Å². The zero-order chi connectivity index (χ0) is 13.8. The predicted octanol–water partition coefficient (Wildman–Crippen LogP) is 3.68. The van der Waals surface area contributed by atoms with Crippen LogP contribution in [-0.2, 0) is 6.54 Å². The van der Waals surface area contributed by atoms with Gasteiger partial charge in [-0.3, -0.25) is 9.69 Å². The van der Waals surface area contributed by atoms with Gasteiger partial charge in [-0.25, -0.2) is 0 Å². The molecule has 2 aromatic rings. The number of likely N-dealkylation sites (N-methyl/N-ethyl adjacent to an activating group) is 1. The molecule has 0 aliphatic carbocycles. The van der Waals surface area contributed by atoms with Crippen LogP contribution in [0.5, 0.6) is 0 Å². The minimum absolute atomic E-state index is 0.191. The van der Waals surface area contributed by atoms with Crippen molar-refractivity contribution in [2.45, 2.75) is 20.4 Å². The lowest BCUT2D eigenvalue weighted by Gasteiger charge is -2.15. The topological polar surface area (TPSA) is 20.3 Å². The summed E-state index contributed by atoms with van der Waals surface area (Å²) in [5.74, 6) is 0.191. The third-order valence-corrected chi connectivity index (χ3v) is 3.96. The van der Waals surface area contributed by atoms with Crippen molar-refractivity contribution in [3.05, 3.63) is 57.3 Å². The zero-order valence-corrected chi connectivity index (χ0v) is 12.5. The Hall–Kier alpha value is -1.45. The van der Waals surface area contributed by atoms with Crippen LogP contribution in [-0.4, -0.2) is 24.3 Å². The summed E-state index contributed by atoms with van der Waals surface area (Å²) in [5.41, 5.74) is 3.10. The second kappa shape index (κ2) is 6.13. The van der Waals surface area contributed by atoms with E-state index in [0.717, 1.165) is 17.7 Å². The quantitative estimate of drug-likeness (QED) is 0.775. The first kappa shape index (κ1) is 14.0. The standard InChI is InChI=1S/C16H19NOS/c1-12-6-7-15(13(2)9-12)16(18)11-17(3)10-14-5-4-8-19-14/h4-9H,10-11H2,1-3H3. The molecule has 2 rings (SSSR count). The van der Waals surface area contributed by atoms with Crippen molar-refractivity contribution in [1.29, 1.82) is 0 Å². The molecule has 0 aliphatic rings. The molecule has 0 bridgehead atoms. The second-order valence-electron chi connectivity index (χ2n) is 4.99. The number of nitrogens with zero attached hydrogens (tertiary/aromatic N) is 1. The minimum Gasteiger partial charge on any atom is -0.294 e. The maximum atomic E-state index is 12.3. The Morgan fingerprint density at radius 1 is 1.26 bits per heavy atom. The number of hydrogen-bond donors (Lipinski definition) is 0. The Labute approximate surface area is 118 Å². The Balaban J connectivity index is 2.00. The van der Waals surface area contributed by atoms with Crippen molar-refractivity contribution >= 4 is 17.1 Å². The Morgan fingerprint density at radius 2 is 2.05 bits per heavy atom. The fraction of sp³-hybridized carbons (Fsp3) is 0.312. The summed E-state index contributed by atoms with van der Waals surface area (Å²) >= 11 is 1.73. The smallest absolute Gasteiger partial charge is 0.177 e. The molecule has 0 radical (unpaired) electrons. The van der Waals surface area contributed by atoms with Crippen molar-refractivity contribution in [3.8, 4) is 0 Å². The molecular weight excluding hydrogens is 254 g/mol. The molecular formula is C16H19NOS. The van der Waals surface area contributed by atoms with E-state index in [1.54, 1.807) is 11.3 Å². The molecule has 1 aromatic heterocycles. The lowest BCUT2D eigenvalue weighted by Crippen LogP contribution is -2.25. The van der Waals surface area contributed by atoms with Crippen LogP contribution in [0.1, 0.15) is 26.4 Å². The largest absolute Gasteiger partial charge is 0.294 e. The molecule has 100 valence electrons. The number of ketones is 1. The summed E-state index contributed by atoms with van der Waals surface area (Å²) in [6.07, 6.45) is 0. The zero-order valence-electron chi connectivity index (χ0n) is 11.6. The lowest BCUT2D eigenvalue weighted by molar-refractivity contribution is 0.0943. The molecule has 0 unspecified atom stereocenters. The van der Waals surface area contributed by atoms with E-state index in [9.17, 15) is 4.79 Å². The van der Waals surface area contributed by atoms with Crippen molar-refractivity contribution in [3.63, 3.8) is 0 Å². The maximum absolute atomic E-state index is 12.3. The molecule has 1 heterocycles. The van der Waals surface area contributed by atoms with E-state index >= 15 is 0 Å². The molecule has 0 amide bonds. The van der Waals surface area contributed by atoms with Gasteiger partial charge in [0.25, 0.3) is 0 Å². The fourth-order valence-electron chi connectivity index (χ4n) is 2.18. The molecule has 0 spiro atoms. The molecule has 0 saturated carbocycles. The van der Waals surface area contributed by atoms with E-state index in [2.05, 4.69) is 22.4 Å². The van der Waals surface area contributed by atoms with Crippen LogP contribution in [0.15, 0.2) is 35.7 Å². The van der Waals surface area contributed by atoms with Crippen LogP contribution >= 0.6 is 11.3 Å². The van der Waals surface area contributed by atoms with Crippen molar-refractivity contribution < 1.29 is 4.79 Å². The summed E-state index contributed by atoms with van der Waals surface area (Å²) in [4.78, 5) is 15.6. The van der Waals surface area contributed by atoms with Gasteiger partial charge in [-0.2, -0.15) is 0 Å². The first-order valence-electron chi connectivity index (χ1n) is 6.37. The van der Waals surface area contributed by atoms with Crippen molar-refractivity contribution in [2.24, 2.45) is 0 Å². The summed E-state index contributed by atoms with van der Waals surface area (Å²) in [6.45, 7) is 5.33. The predicted molar refractivity (Wildman–Crippen MR) is 80.9 cm³/mol. The summed E-state index contributed by atoms with van der Waals surface area (Å²) in [6, 6.07) is 10.1. The highest BCUT2D eigenvalue weighted by atomic mass is 32.1. The van der Waals surface area contributed by atoms with Crippen LogP contribution in [0, 0.1) is 13.8 Å². The number of benzene rings is 1. The van der Waals surface area contributed by atoms with E-state index in [1.165, 1.54) is 10.4 Å². The number of rotatable bonds is 5. The number of carbonyl (C=O) groups is 1. The average molecular weight is 273 g/mol. The third kappa shape index (κ3) is 3.75. The van der Waals surface area contributed by atoms with Crippen LogP contribution in [0.2, 0.25) is 0 Å². The third-order valence-electron chi connectivity index (χ3n) is 3.10. The van der Waals surface area contributed by atoms with Gasteiger partial charge in [-0.1, -0.05) is 29.8 Å². The molecule has 2 nitrogen and oxygen atoms in total. The second-order valence-corrected chi connectivity index (χ2v) is 6.03. The first-order valence-corrected chi connectivity index (χ1v) is 7.25. The maximum Gasteiger partial charge on any atom is 0.177 e. The molecule has 0 atom stereocenters. The number of aryl methyl sites for hydroxylation is 2. The SMILES string of the molecule is Cc1ccc(C(=O)CN(C)Cc2cccs2)c(C)c1. The lowest BCUT2D eigenvalue weighted by atomic mass is 10.0. The molecule has 19 heavy (non-hydrogen) atoms. The molecule has 0 N–H and O–H groups in total. The summed E-state index contributed by atoms with van der Waals surface area (Å²) < 4.78 is 0. The number of carbonyl (C=O) groups excluding carboxylic acids is 1. The van der Waals surface area contributed by atoms with Gasteiger partial charge < -0.3 is 0 Å². The van der Waals surface area contributed by atoms with Gasteiger partial charge >= 0.3 is 0 Å². The van der Waals surface area contributed by atoms with Crippen LogP contribution in [0.3, 0.4) is 0 Å². The molecule has 0 fully saturated rings. The van der Waals surface area contributed by atoms with Gasteiger partial charge in [-0.15, -0.1) is 11.3 Å². The molecule has 3 heteroatoms. The Morgan fingerprint density at radius 3 is 2.68 bits per heavy atom. The van der Waals surface area contributed by atoms with Crippen molar-refractivity contribution in [1.82, 2.24) is 4.90 Å². The van der Waals surface area contributed by atoms with E-state index in [0.29, 0.717) is 6.54 Å². The van der Waals surface area contributed by atoms with Gasteiger partial charge in [0.2, 0.25) is 0 Å². The molecule has 0 aliphatic heterocycles. The molecule has 1 aromatic carbocycles. The van der Waals surface area contributed by atoms with E-state index in [4.69, 9.17) is 0 Å². The number of hydrogen-bond acceptors (Lipinski definition) is 3. The van der Waals surface area contributed by atoms with Gasteiger partial charge in [-0.05, 0) is 37.9 Å². The number of thiophene rings is 1. The highest BCUT2D eigenvalue weighted by Crippen LogP contribution is 2.14. The monoisotopic (exact) mass is 273 g/mol. The summed E-state index contributed by atoms with van der Waals surface area (Å²) in [5, 5.41) is 2.06. The Bertz CT molecular complexity index is 560. The minimum atomic E-state index is 0.191. The van der Waals surface area contributed by atoms with E-state index in [1.807, 2.05) is 39.1 Å². The van der Waals surface area contributed by atoms with Gasteiger partial charge in [0.1, 0.15) is 0 Å². The Kier molecular flexibility index (Phi) is 4.51. The highest BCUT2D eigenvalue weighted by Gasteiger charge is 2.12. The van der Waals surface area contributed by atoms with Gasteiger partial charge in [0, 0.05) is 17.0 Å². The van der Waals surface area contributed by atoms with Crippen molar-refractivity contribution in [2.75, 3.05) is 13.6 Å². The van der Waals surface area contributed by atoms with E-state index in [-0.39, 0.29) is 5.78 Å². The van der Waals surface area contributed by atoms with Gasteiger partial charge in [0.15, 0.2) is 5.78 Å². The average Bonchev–Trinajstić information content (AvgIpc) is 2.81. The highest BCUT2D eigenvalue weighted by molar-refractivity contribution is 7.09. The first-order chi connectivity index (χ1) is 9.06.